The molecule has 0 spiro atoms. The zero-order valence-electron chi connectivity index (χ0n) is 21.7. The van der Waals surface area contributed by atoms with Crippen molar-refractivity contribution in [2.24, 2.45) is 5.10 Å². The van der Waals surface area contributed by atoms with Crippen LogP contribution >= 0.6 is 11.6 Å². The number of anilines is 1. The minimum absolute atomic E-state index is 0.0231. The minimum Gasteiger partial charge on any atom is -0.449 e. The van der Waals surface area contributed by atoms with Gasteiger partial charge in [-0.15, -0.1) is 0 Å². The summed E-state index contributed by atoms with van der Waals surface area (Å²) in [6.45, 7) is 1.84. The Morgan fingerprint density at radius 1 is 1.02 bits per heavy atom. The number of benzene rings is 2. The van der Waals surface area contributed by atoms with Gasteiger partial charge in [0.25, 0.3) is 0 Å². The monoisotopic (exact) mass is 593 g/mol. The normalized spacial score (nSPS) is 29.1. The first kappa shape index (κ1) is 27.7. The van der Waals surface area contributed by atoms with Gasteiger partial charge in [0.15, 0.2) is 16.6 Å². The lowest BCUT2D eigenvalue weighted by Crippen LogP contribution is -2.60. The maximum atomic E-state index is 15.3. The van der Waals surface area contributed by atoms with Gasteiger partial charge in [-0.3, -0.25) is 4.79 Å². The summed E-state index contributed by atoms with van der Waals surface area (Å²) in [5.74, 6) is -5.40. The quantitative estimate of drug-likeness (QED) is 0.422. The van der Waals surface area contributed by atoms with Crippen LogP contribution in [0.5, 0.6) is 0 Å². The number of nitrogens with zero attached hydrogens (tertiary/aromatic N) is 2. The minimum atomic E-state index is -1.84. The number of halogens is 5. The molecular formula is C28H24ClF4N3O5. The van der Waals surface area contributed by atoms with Crippen molar-refractivity contribution >= 4 is 28.9 Å². The average molecular weight is 594 g/mol. The molecule has 5 unspecified atom stereocenters. The molecule has 0 saturated carbocycles. The smallest absolute Gasteiger partial charge is 0.249 e. The molecule has 3 aliphatic rings. The number of hydrogen-bond donors (Lipinski definition) is 1. The molecule has 2 saturated heterocycles. The molecule has 41 heavy (non-hydrogen) atoms. The fourth-order valence-electron chi connectivity index (χ4n) is 5.75. The molecule has 2 aromatic carbocycles. The summed E-state index contributed by atoms with van der Waals surface area (Å²) in [7, 11) is 1.53. The number of fused-ring (bicyclic) bond motifs is 1. The second-order valence-electron chi connectivity index (χ2n) is 10.2. The molecule has 0 aliphatic carbocycles. The second-order valence-corrected chi connectivity index (χ2v) is 10.6. The third kappa shape index (κ3) is 4.58. The zero-order valence-corrected chi connectivity index (χ0v) is 22.5. The van der Waals surface area contributed by atoms with E-state index in [9.17, 15) is 13.6 Å². The zero-order chi connectivity index (χ0) is 29.1. The number of amides is 1. The number of methoxy groups -OCH3 is 1. The van der Waals surface area contributed by atoms with Crippen molar-refractivity contribution in [1.82, 2.24) is 5.32 Å². The first-order chi connectivity index (χ1) is 19.6. The van der Waals surface area contributed by atoms with E-state index in [2.05, 4.69) is 10.4 Å². The number of carbonyl (C=O) groups is 1. The van der Waals surface area contributed by atoms with Gasteiger partial charge in [0.05, 0.1) is 36.6 Å². The largest absolute Gasteiger partial charge is 0.449 e. The predicted molar refractivity (Wildman–Crippen MR) is 139 cm³/mol. The van der Waals surface area contributed by atoms with E-state index in [1.807, 2.05) is 0 Å². The summed E-state index contributed by atoms with van der Waals surface area (Å²) in [5, 5.41) is 8.45. The molecule has 0 bridgehead atoms. The molecule has 1 aromatic heterocycles. The molecule has 6 atom stereocenters. The van der Waals surface area contributed by atoms with Crippen molar-refractivity contribution in [2.45, 2.75) is 42.7 Å². The van der Waals surface area contributed by atoms with Crippen LogP contribution in [0.15, 0.2) is 58.0 Å². The number of furan rings is 1. The molecule has 8 nitrogen and oxygen atoms in total. The summed E-state index contributed by atoms with van der Waals surface area (Å²) < 4.78 is 81.0. The molecule has 1 amide bonds. The van der Waals surface area contributed by atoms with E-state index in [1.165, 1.54) is 26.2 Å². The van der Waals surface area contributed by atoms with E-state index in [0.717, 1.165) is 29.3 Å². The van der Waals surface area contributed by atoms with Crippen LogP contribution in [-0.4, -0.2) is 61.8 Å². The number of hydrogen-bond acceptors (Lipinski definition) is 7. The van der Waals surface area contributed by atoms with Gasteiger partial charge < -0.3 is 23.9 Å². The van der Waals surface area contributed by atoms with Crippen LogP contribution in [0.25, 0.3) is 0 Å². The van der Waals surface area contributed by atoms with E-state index in [-0.39, 0.29) is 47.3 Å². The van der Waals surface area contributed by atoms with Crippen LogP contribution in [-0.2, 0) is 19.0 Å². The molecule has 216 valence electrons. The standard InChI is InChI=1S/C28H24ClF4N3O5/c1-28(27(37)34-18-11-39-26-21(38-2)12-40-25(18)26)23(20-7-8-22(29)41-20)24(15-5-3-13(30)9-16(15)32)35-36(28)19-6-4-14(31)10-17(19)33/h3-10,18,21,23,25-26H,11-12H2,1-2H3,(H,34,37)/t18?,21-,23?,25?,26?,28?/m1/s1. The summed E-state index contributed by atoms with van der Waals surface area (Å²) in [6, 6.07) is 7.94. The Hall–Kier alpha value is -3.45. The fraction of sp³-hybridized carbons (Fsp3) is 0.357. The van der Waals surface area contributed by atoms with Crippen LogP contribution in [0.2, 0.25) is 5.22 Å². The molecule has 6 rings (SSSR count). The van der Waals surface area contributed by atoms with E-state index in [0.29, 0.717) is 12.1 Å². The van der Waals surface area contributed by atoms with Gasteiger partial charge in [-0.2, -0.15) is 5.10 Å². The Balaban J connectivity index is 1.48. The van der Waals surface area contributed by atoms with Gasteiger partial charge in [-0.25, -0.2) is 22.6 Å². The van der Waals surface area contributed by atoms with Crippen molar-refractivity contribution < 1.29 is 41.0 Å². The highest BCUT2D eigenvalue weighted by molar-refractivity contribution is 6.28. The Morgan fingerprint density at radius 3 is 2.39 bits per heavy atom. The van der Waals surface area contributed by atoms with Gasteiger partial charge in [-0.05, 0) is 54.9 Å². The Bertz CT molecular complexity index is 1540. The first-order valence-corrected chi connectivity index (χ1v) is 13.1. The molecule has 3 aliphatic heterocycles. The number of carbonyl (C=O) groups excluding carboxylic acids is 1. The highest BCUT2D eigenvalue weighted by Crippen LogP contribution is 2.47. The van der Waals surface area contributed by atoms with E-state index < -0.39 is 58.9 Å². The molecule has 13 heteroatoms. The molecule has 3 aromatic rings. The predicted octanol–water partition coefficient (Wildman–Crippen LogP) is 4.55. The van der Waals surface area contributed by atoms with Crippen LogP contribution in [0.3, 0.4) is 0 Å². The lowest BCUT2D eigenvalue weighted by molar-refractivity contribution is -0.127. The Kier molecular flexibility index (Phi) is 7.05. The van der Waals surface area contributed by atoms with Crippen molar-refractivity contribution in [2.75, 3.05) is 25.3 Å². The van der Waals surface area contributed by atoms with Crippen LogP contribution in [0, 0.1) is 23.3 Å². The highest BCUT2D eigenvalue weighted by atomic mass is 35.5. The molecule has 0 radical (unpaired) electrons. The maximum absolute atomic E-state index is 15.3. The van der Waals surface area contributed by atoms with Gasteiger partial charge in [-0.1, -0.05) is 0 Å². The van der Waals surface area contributed by atoms with E-state index in [1.54, 1.807) is 0 Å². The lowest BCUT2D eigenvalue weighted by atomic mass is 9.78. The van der Waals surface area contributed by atoms with E-state index in [4.69, 9.17) is 30.2 Å². The SMILES string of the molecule is CO[C@@H]1COC2C(NC(=O)C3(C)C(c4ccc(Cl)o4)C(c4ccc(F)cc4F)=NN3c3ccc(F)cc3F)COC21. The van der Waals surface area contributed by atoms with Crippen molar-refractivity contribution in [3.8, 4) is 0 Å². The average Bonchev–Trinajstić information content (AvgIpc) is 3.69. The number of hydrazone groups is 1. The maximum Gasteiger partial charge on any atom is 0.249 e. The summed E-state index contributed by atoms with van der Waals surface area (Å²) in [6.07, 6.45) is -1.24. The third-order valence-electron chi connectivity index (χ3n) is 7.79. The lowest BCUT2D eigenvalue weighted by Gasteiger charge is -2.38. The first-order valence-electron chi connectivity index (χ1n) is 12.7. The Morgan fingerprint density at radius 2 is 1.73 bits per heavy atom. The number of rotatable bonds is 6. The van der Waals surface area contributed by atoms with Crippen LogP contribution in [0.4, 0.5) is 23.2 Å². The van der Waals surface area contributed by atoms with Gasteiger partial charge in [0.1, 0.15) is 41.5 Å². The molecule has 2 fully saturated rings. The third-order valence-corrected chi connectivity index (χ3v) is 8.00. The van der Waals surface area contributed by atoms with Crippen LogP contribution in [0.1, 0.15) is 24.2 Å². The highest BCUT2D eigenvalue weighted by Gasteiger charge is 2.58. The van der Waals surface area contributed by atoms with E-state index >= 15 is 8.78 Å². The van der Waals surface area contributed by atoms with Crippen LogP contribution < -0.4 is 10.3 Å². The van der Waals surface area contributed by atoms with Gasteiger partial charge in [0, 0.05) is 24.8 Å². The number of ether oxygens (including phenoxy) is 3. The Labute approximate surface area is 236 Å². The fourth-order valence-corrected chi connectivity index (χ4v) is 5.90. The van der Waals surface area contributed by atoms with Crippen molar-refractivity contribution in [3.05, 3.63) is 88.3 Å². The van der Waals surface area contributed by atoms with Crippen molar-refractivity contribution in [3.63, 3.8) is 0 Å². The molecular weight excluding hydrogens is 570 g/mol. The molecule has 4 heterocycles. The number of nitrogens with one attached hydrogen (secondary N) is 1. The van der Waals surface area contributed by atoms with Crippen molar-refractivity contribution in [1.29, 1.82) is 0 Å². The summed E-state index contributed by atoms with van der Waals surface area (Å²) in [5.41, 5.74) is -2.32. The topological polar surface area (TPSA) is 85.5 Å². The summed E-state index contributed by atoms with van der Waals surface area (Å²) in [4.78, 5) is 14.3. The molecule has 1 N–H and O–H groups in total. The summed E-state index contributed by atoms with van der Waals surface area (Å²) >= 11 is 6.09. The van der Waals surface area contributed by atoms with Gasteiger partial charge >= 0.3 is 0 Å². The van der Waals surface area contributed by atoms with Gasteiger partial charge in [0.2, 0.25) is 5.91 Å². The second kappa shape index (κ2) is 10.4.